The molecule has 0 fully saturated rings. The molecule has 0 aromatic rings. The summed E-state index contributed by atoms with van der Waals surface area (Å²) in [6, 6.07) is 0. The van der Waals surface area contributed by atoms with Crippen LogP contribution in [-0.2, 0) is 28.2 Å². The fourth-order valence-corrected chi connectivity index (χ4v) is 5.79. The molecule has 0 aliphatic heterocycles. The number of phosphoric acid groups is 1. The molecule has 0 rings (SSSR count). The van der Waals surface area contributed by atoms with Crippen molar-refractivity contribution in [1.82, 2.24) is 0 Å². The van der Waals surface area contributed by atoms with Gasteiger partial charge >= 0.3 is 19.8 Å². The van der Waals surface area contributed by atoms with Gasteiger partial charge < -0.3 is 19.3 Å². The molecular formula is C37H71O8P. The van der Waals surface area contributed by atoms with Crippen molar-refractivity contribution in [2.75, 3.05) is 13.2 Å². The van der Waals surface area contributed by atoms with Gasteiger partial charge in [-0.25, -0.2) is 4.57 Å². The van der Waals surface area contributed by atoms with E-state index in [9.17, 15) is 14.2 Å². The van der Waals surface area contributed by atoms with Gasteiger partial charge in [0.15, 0.2) is 6.10 Å². The molecule has 46 heavy (non-hydrogen) atoms. The van der Waals surface area contributed by atoms with E-state index in [2.05, 4.69) is 30.5 Å². The summed E-state index contributed by atoms with van der Waals surface area (Å²) in [6.07, 6.45) is 35.0. The van der Waals surface area contributed by atoms with Crippen LogP contribution in [0.4, 0.5) is 0 Å². The lowest BCUT2D eigenvalue weighted by Crippen LogP contribution is -2.29. The molecule has 0 bridgehead atoms. The summed E-state index contributed by atoms with van der Waals surface area (Å²) in [7, 11) is -4.74. The Labute approximate surface area is 282 Å². The molecule has 0 saturated carbocycles. The number of allylic oxidation sites excluding steroid dienone is 2. The Morgan fingerprint density at radius 3 is 1.33 bits per heavy atom. The smallest absolute Gasteiger partial charge is 0.462 e. The molecule has 8 nitrogen and oxygen atoms in total. The molecule has 0 aliphatic rings. The maximum absolute atomic E-state index is 12.3. The van der Waals surface area contributed by atoms with E-state index in [1.54, 1.807) is 0 Å². The SMILES string of the molecule is CCCCCCC/C=C\CCCCCCCC(=O)O[C@H](COC(=O)CCCCCCCCCCCCCCCC)COP(=O)(O)O. The number of hydrogen-bond donors (Lipinski definition) is 2. The number of ether oxygens (including phenoxy) is 2. The third-order valence-corrected chi connectivity index (χ3v) is 8.77. The van der Waals surface area contributed by atoms with Crippen LogP contribution in [0, 0.1) is 0 Å². The molecule has 0 aromatic carbocycles. The summed E-state index contributed by atoms with van der Waals surface area (Å²) < 4.78 is 26.3. The summed E-state index contributed by atoms with van der Waals surface area (Å²) in [4.78, 5) is 42.7. The van der Waals surface area contributed by atoms with Crippen molar-refractivity contribution in [3.8, 4) is 0 Å². The number of carbonyl (C=O) groups is 2. The van der Waals surface area contributed by atoms with Gasteiger partial charge in [0, 0.05) is 12.8 Å². The minimum Gasteiger partial charge on any atom is -0.462 e. The van der Waals surface area contributed by atoms with Gasteiger partial charge in [-0.2, -0.15) is 0 Å². The lowest BCUT2D eigenvalue weighted by atomic mass is 10.0. The molecule has 0 saturated heterocycles. The summed E-state index contributed by atoms with van der Waals surface area (Å²) in [5.41, 5.74) is 0. The first kappa shape index (κ1) is 44.8. The molecule has 0 unspecified atom stereocenters. The normalized spacial score (nSPS) is 12.5. The molecule has 0 spiro atoms. The highest BCUT2D eigenvalue weighted by atomic mass is 31.2. The van der Waals surface area contributed by atoms with Crippen molar-refractivity contribution >= 4 is 19.8 Å². The van der Waals surface area contributed by atoms with Gasteiger partial charge in [0.05, 0.1) is 6.61 Å². The van der Waals surface area contributed by atoms with Crippen LogP contribution in [0.2, 0.25) is 0 Å². The van der Waals surface area contributed by atoms with Crippen molar-refractivity contribution in [2.24, 2.45) is 0 Å². The lowest BCUT2D eigenvalue weighted by Gasteiger charge is -2.18. The Hall–Kier alpha value is -1.21. The summed E-state index contributed by atoms with van der Waals surface area (Å²) in [5.74, 6) is -0.887. The van der Waals surface area contributed by atoms with Crippen LogP contribution in [0.1, 0.15) is 194 Å². The number of hydrogen-bond acceptors (Lipinski definition) is 6. The minimum atomic E-state index is -4.74. The quantitative estimate of drug-likeness (QED) is 0.0295. The Morgan fingerprint density at radius 1 is 0.543 bits per heavy atom. The molecule has 0 aliphatic carbocycles. The van der Waals surface area contributed by atoms with E-state index in [0.29, 0.717) is 6.42 Å². The maximum Gasteiger partial charge on any atom is 0.469 e. The van der Waals surface area contributed by atoms with Crippen LogP contribution >= 0.6 is 7.82 Å². The van der Waals surface area contributed by atoms with E-state index in [1.165, 1.54) is 109 Å². The maximum atomic E-state index is 12.3. The first-order valence-corrected chi connectivity index (χ1v) is 20.5. The van der Waals surface area contributed by atoms with Crippen LogP contribution < -0.4 is 0 Å². The molecule has 0 heterocycles. The molecular weight excluding hydrogens is 603 g/mol. The van der Waals surface area contributed by atoms with E-state index in [1.807, 2.05) is 0 Å². The molecule has 0 aromatic heterocycles. The molecule has 1 atom stereocenters. The van der Waals surface area contributed by atoms with Gasteiger partial charge in [-0.3, -0.25) is 14.1 Å². The second-order valence-electron chi connectivity index (χ2n) is 12.9. The van der Waals surface area contributed by atoms with Crippen molar-refractivity contribution < 1.29 is 37.9 Å². The van der Waals surface area contributed by atoms with Crippen molar-refractivity contribution in [3.63, 3.8) is 0 Å². The Balaban J connectivity index is 3.95. The fraction of sp³-hybridized carbons (Fsp3) is 0.892. The molecule has 9 heteroatoms. The summed E-state index contributed by atoms with van der Waals surface area (Å²) >= 11 is 0. The topological polar surface area (TPSA) is 119 Å². The van der Waals surface area contributed by atoms with Crippen molar-refractivity contribution in [2.45, 2.75) is 200 Å². The number of phosphoric ester groups is 1. The Morgan fingerprint density at radius 2 is 0.913 bits per heavy atom. The Bertz CT molecular complexity index is 766. The molecule has 0 amide bonds. The highest BCUT2D eigenvalue weighted by Crippen LogP contribution is 2.36. The third-order valence-electron chi connectivity index (χ3n) is 8.28. The Kier molecular flexibility index (Phi) is 32.8. The van der Waals surface area contributed by atoms with Crippen molar-refractivity contribution in [3.05, 3.63) is 12.2 Å². The second kappa shape index (κ2) is 33.7. The predicted octanol–water partition coefficient (Wildman–Crippen LogP) is 11.1. The second-order valence-corrected chi connectivity index (χ2v) is 14.1. The molecule has 2 N–H and O–H groups in total. The van der Waals surface area contributed by atoms with Gasteiger partial charge in [-0.1, -0.05) is 154 Å². The van der Waals surface area contributed by atoms with Gasteiger partial charge in [0.2, 0.25) is 0 Å². The third kappa shape index (κ3) is 35.6. The van der Waals surface area contributed by atoms with Gasteiger partial charge in [0.25, 0.3) is 0 Å². The van der Waals surface area contributed by atoms with E-state index in [4.69, 9.17) is 19.3 Å². The summed E-state index contributed by atoms with van der Waals surface area (Å²) in [6.45, 7) is 3.67. The average Bonchev–Trinajstić information content (AvgIpc) is 3.02. The first-order chi connectivity index (χ1) is 22.3. The van der Waals surface area contributed by atoms with Crippen LogP contribution in [0.25, 0.3) is 0 Å². The van der Waals surface area contributed by atoms with Crippen LogP contribution in [-0.4, -0.2) is 41.0 Å². The van der Waals surface area contributed by atoms with Gasteiger partial charge in [-0.15, -0.1) is 0 Å². The first-order valence-electron chi connectivity index (χ1n) is 19.0. The zero-order valence-electron chi connectivity index (χ0n) is 29.7. The van der Waals surface area contributed by atoms with Crippen LogP contribution in [0.5, 0.6) is 0 Å². The van der Waals surface area contributed by atoms with Crippen molar-refractivity contribution in [1.29, 1.82) is 0 Å². The zero-order chi connectivity index (χ0) is 34.0. The van der Waals surface area contributed by atoms with Gasteiger partial charge in [0.1, 0.15) is 6.61 Å². The van der Waals surface area contributed by atoms with E-state index in [0.717, 1.165) is 51.4 Å². The van der Waals surface area contributed by atoms with E-state index < -0.39 is 32.5 Å². The molecule has 272 valence electrons. The van der Waals surface area contributed by atoms with Gasteiger partial charge in [-0.05, 0) is 38.5 Å². The number of rotatable bonds is 35. The van der Waals surface area contributed by atoms with Crippen LogP contribution in [0.15, 0.2) is 12.2 Å². The largest absolute Gasteiger partial charge is 0.469 e. The van der Waals surface area contributed by atoms with E-state index in [-0.39, 0.29) is 19.4 Å². The number of esters is 2. The highest BCUT2D eigenvalue weighted by Gasteiger charge is 2.22. The predicted molar refractivity (Wildman–Crippen MR) is 189 cm³/mol. The van der Waals surface area contributed by atoms with E-state index >= 15 is 0 Å². The lowest BCUT2D eigenvalue weighted by molar-refractivity contribution is -0.161. The monoisotopic (exact) mass is 674 g/mol. The number of unbranched alkanes of at least 4 members (excludes halogenated alkanes) is 23. The number of carbonyl (C=O) groups excluding carboxylic acids is 2. The minimum absolute atomic E-state index is 0.206. The molecule has 0 radical (unpaired) electrons. The summed E-state index contributed by atoms with van der Waals surface area (Å²) in [5, 5.41) is 0. The highest BCUT2D eigenvalue weighted by molar-refractivity contribution is 7.46. The zero-order valence-corrected chi connectivity index (χ0v) is 30.6. The average molecular weight is 675 g/mol. The van der Waals surface area contributed by atoms with Crippen LogP contribution in [0.3, 0.4) is 0 Å². The fourth-order valence-electron chi connectivity index (χ4n) is 5.43. The standard InChI is InChI=1S/C37H71O8P/c1-3-5-7-9-11-13-15-17-19-21-23-25-27-29-31-36(38)43-33-35(34-44-46(40,41)42)45-37(39)32-30-28-26-24-22-20-18-16-14-12-10-8-6-4-2/h16,18,35H,3-15,17,19-34H2,1-2H3,(H2,40,41,42)/b18-16-/t35-/m1/s1.